The van der Waals surface area contributed by atoms with Crippen LogP contribution in [-0.4, -0.2) is 28.6 Å². The molecule has 0 bridgehead atoms. The van der Waals surface area contributed by atoms with Gasteiger partial charge in [-0.15, -0.1) is 0 Å². The summed E-state index contributed by atoms with van der Waals surface area (Å²) in [5.74, 6) is -0.706. The molecule has 1 aliphatic heterocycles. The Morgan fingerprint density at radius 1 is 1.39 bits per heavy atom. The lowest BCUT2D eigenvalue weighted by Gasteiger charge is -2.22. The standard InChI is InChI=1S/C16H18FN3O3/c1-11-14(16(21)19-23-15-4-2-3-9-22-15)10-18-20(11)13-7-5-12(17)6-8-13/h5-8,10,15H,2-4,9H2,1H3,(H,19,21)/t15-/m0/s1. The Hall–Kier alpha value is -2.25. The number of nitrogens with one attached hydrogen (secondary N) is 1. The first-order valence-electron chi connectivity index (χ1n) is 7.53. The number of hydroxylamine groups is 1. The number of carbonyl (C=O) groups is 1. The maximum absolute atomic E-state index is 13.0. The molecule has 0 aliphatic carbocycles. The van der Waals surface area contributed by atoms with Gasteiger partial charge in [-0.25, -0.2) is 19.4 Å². The van der Waals surface area contributed by atoms with Crippen molar-refractivity contribution < 1.29 is 18.8 Å². The van der Waals surface area contributed by atoms with Crippen molar-refractivity contribution in [3.8, 4) is 5.69 Å². The molecule has 6 nitrogen and oxygen atoms in total. The van der Waals surface area contributed by atoms with Gasteiger partial charge in [0.15, 0.2) is 6.29 Å². The van der Waals surface area contributed by atoms with E-state index in [1.807, 2.05) is 0 Å². The molecule has 1 aliphatic rings. The van der Waals surface area contributed by atoms with Crippen LogP contribution in [-0.2, 0) is 9.57 Å². The second-order valence-electron chi connectivity index (χ2n) is 5.38. The predicted molar refractivity (Wildman–Crippen MR) is 80.4 cm³/mol. The molecule has 0 unspecified atom stereocenters. The van der Waals surface area contributed by atoms with Gasteiger partial charge in [0.1, 0.15) is 5.82 Å². The lowest BCUT2D eigenvalue weighted by atomic mass is 10.2. The summed E-state index contributed by atoms with van der Waals surface area (Å²) in [5, 5.41) is 4.18. The van der Waals surface area contributed by atoms with Gasteiger partial charge in [-0.2, -0.15) is 5.10 Å². The maximum Gasteiger partial charge on any atom is 0.278 e. The highest BCUT2D eigenvalue weighted by Crippen LogP contribution is 2.16. The fourth-order valence-electron chi connectivity index (χ4n) is 2.45. The Morgan fingerprint density at radius 2 is 2.17 bits per heavy atom. The zero-order chi connectivity index (χ0) is 16.2. The molecule has 1 saturated heterocycles. The number of carbonyl (C=O) groups excluding carboxylic acids is 1. The molecule has 1 amide bonds. The van der Waals surface area contributed by atoms with Crippen LogP contribution in [0, 0.1) is 12.7 Å². The molecule has 2 heterocycles. The molecule has 7 heteroatoms. The minimum Gasteiger partial charge on any atom is -0.350 e. The molecule has 1 atom stereocenters. The molecule has 0 spiro atoms. The second kappa shape index (κ2) is 6.89. The van der Waals surface area contributed by atoms with Crippen LogP contribution in [0.5, 0.6) is 0 Å². The number of rotatable bonds is 4. The van der Waals surface area contributed by atoms with E-state index in [-0.39, 0.29) is 11.7 Å². The molecule has 1 aromatic carbocycles. The first-order valence-corrected chi connectivity index (χ1v) is 7.53. The summed E-state index contributed by atoms with van der Waals surface area (Å²) < 4.78 is 20.0. The topological polar surface area (TPSA) is 65.4 Å². The average Bonchev–Trinajstić information content (AvgIpc) is 2.96. The van der Waals surface area contributed by atoms with Crippen LogP contribution in [0.15, 0.2) is 30.5 Å². The fourth-order valence-corrected chi connectivity index (χ4v) is 2.45. The Bertz CT molecular complexity index is 678. The number of hydrogen-bond acceptors (Lipinski definition) is 4. The van der Waals surface area contributed by atoms with Gasteiger partial charge in [0.25, 0.3) is 5.91 Å². The summed E-state index contributed by atoms with van der Waals surface area (Å²) in [5.41, 5.74) is 4.12. The van der Waals surface area contributed by atoms with Gasteiger partial charge in [0, 0.05) is 13.0 Å². The average molecular weight is 319 g/mol. The van der Waals surface area contributed by atoms with E-state index in [1.165, 1.54) is 18.3 Å². The van der Waals surface area contributed by atoms with Crippen LogP contribution in [0.2, 0.25) is 0 Å². The molecule has 3 rings (SSSR count). The van der Waals surface area contributed by atoms with E-state index in [0.717, 1.165) is 19.3 Å². The number of benzene rings is 1. The molecule has 1 N–H and O–H groups in total. The Balaban J connectivity index is 1.68. The van der Waals surface area contributed by atoms with Crippen LogP contribution < -0.4 is 5.48 Å². The first kappa shape index (κ1) is 15.6. The third-order valence-electron chi connectivity index (χ3n) is 3.75. The van der Waals surface area contributed by atoms with Crippen molar-refractivity contribution in [2.75, 3.05) is 6.61 Å². The number of amides is 1. The van der Waals surface area contributed by atoms with E-state index in [1.54, 1.807) is 23.7 Å². The van der Waals surface area contributed by atoms with Crippen LogP contribution in [0.4, 0.5) is 4.39 Å². The number of hydrogen-bond donors (Lipinski definition) is 1. The normalized spacial score (nSPS) is 17.9. The van der Waals surface area contributed by atoms with Crippen LogP contribution in [0.25, 0.3) is 5.69 Å². The Morgan fingerprint density at radius 3 is 2.87 bits per heavy atom. The minimum atomic E-state index is -0.403. The Labute approximate surface area is 133 Å². The molecule has 1 aromatic heterocycles. The summed E-state index contributed by atoms with van der Waals surface area (Å²) in [6, 6.07) is 5.90. The lowest BCUT2D eigenvalue weighted by molar-refractivity contribution is -0.186. The summed E-state index contributed by atoms with van der Waals surface area (Å²) in [6.45, 7) is 2.41. The van der Waals surface area contributed by atoms with Gasteiger partial charge in [-0.1, -0.05) is 0 Å². The number of nitrogens with zero attached hydrogens (tertiary/aromatic N) is 2. The zero-order valence-electron chi connectivity index (χ0n) is 12.8. The highest BCUT2D eigenvalue weighted by Gasteiger charge is 2.19. The van der Waals surface area contributed by atoms with Gasteiger partial charge < -0.3 is 4.74 Å². The Kier molecular flexibility index (Phi) is 4.68. The van der Waals surface area contributed by atoms with Gasteiger partial charge in [0.05, 0.1) is 23.1 Å². The maximum atomic E-state index is 13.0. The number of ether oxygens (including phenoxy) is 1. The molecule has 23 heavy (non-hydrogen) atoms. The van der Waals surface area contributed by atoms with E-state index in [4.69, 9.17) is 9.57 Å². The highest BCUT2D eigenvalue weighted by atomic mass is 19.1. The van der Waals surface area contributed by atoms with Crippen molar-refractivity contribution in [2.45, 2.75) is 32.5 Å². The number of aromatic nitrogens is 2. The van der Waals surface area contributed by atoms with Gasteiger partial charge in [-0.3, -0.25) is 4.79 Å². The molecule has 122 valence electrons. The largest absolute Gasteiger partial charge is 0.350 e. The molecular weight excluding hydrogens is 301 g/mol. The van der Waals surface area contributed by atoms with E-state index in [0.29, 0.717) is 23.6 Å². The summed E-state index contributed by atoms with van der Waals surface area (Å²) in [6.07, 6.45) is 3.84. The fraction of sp³-hybridized carbons (Fsp3) is 0.375. The van der Waals surface area contributed by atoms with Crippen molar-refractivity contribution in [2.24, 2.45) is 0 Å². The molecular formula is C16H18FN3O3. The van der Waals surface area contributed by atoms with Gasteiger partial charge >= 0.3 is 0 Å². The van der Waals surface area contributed by atoms with E-state index in [9.17, 15) is 9.18 Å². The molecule has 1 fully saturated rings. The van der Waals surface area contributed by atoms with Crippen LogP contribution >= 0.6 is 0 Å². The van der Waals surface area contributed by atoms with Gasteiger partial charge in [-0.05, 0) is 44.0 Å². The third-order valence-corrected chi connectivity index (χ3v) is 3.75. The summed E-state index contributed by atoms with van der Waals surface area (Å²) in [4.78, 5) is 17.5. The van der Waals surface area contributed by atoms with Crippen molar-refractivity contribution in [1.82, 2.24) is 15.3 Å². The van der Waals surface area contributed by atoms with E-state index >= 15 is 0 Å². The van der Waals surface area contributed by atoms with Crippen molar-refractivity contribution in [3.63, 3.8) is 0 Å². The van der Waals surface area contributed by atoms with Crippen LogP contribution in [0.3, 0.4) is 0 Å². The van der Waals surface area contributed by atoms with Crippen molar-refractivity contribution in [3.05, 3.63) is 47.5 Å². The van der Waals surface area contributed by atoms with Crippen LogP contribution in [0.1, 0.15) is 35.3 Å². The van der Waals surface area contributed by atoms with E-state index < -0.39 is 6.29 Å². The molecule has 0 radical (unpaired) electrons. The summed E-state index contributed by atoms with van der Waals surface area (Å²) >= 11 is 0. The predicted octanol–water partition coefficient (Wildman–Crippen LogP) is 2.51. The number of halogens is 1. The third kappa shape index (κ3) is 3.57. The second-order valence-corrected chi connectivity index (χ2v) is 5.38. The smallest absolute Gasteiger partial charge is 0.278 e. The first-order chi connectivity index (χ1) is 11.1. The van der Waals surface area contributed by atoms with Crippen molar-refractivity contribution >= 4 is 5.91 Å². The lowest BCUT2D eigenvalue weighted by Crippen LogP contribution is -2.33. The monoisotopic (exact) mass is 319 g/mol. The van der Waals surface area contributed by atoms with Crippen molar-refractivity contribution in [1.29, 1.82) is 0 Å². The minimum absolute atomic E-state index is 0.322. The summed E-state index contributed by atoms with van der Waals surface area (Å²) in [7, 11) is 0. The van der Waals surface area contributed by atoms with E-state index in [2.05, 4.69) is 10.6 Å². The zero-order valence-corrected chi connectivity index (χ0v) is 12.8. The molecule has 2 aromatic rings. The quantitative estimate of drug-likeness (QED) is 0.880. The highest BCUT2D eigenvalue weighted by molar-refractivity contribution is 5.94. The SMILES string of the molecule is Cc1c(C(=O)NO[C@H]2CCCCO2)cnn1-c1ccc(F)cc1. The molecule has 0 saturated carbocycles. The van der Waals surface area contributed by atoms with Gasteiger partial charge in [0.2, 0.25) is 0 Å².